The largest absolute Gasteiger partial charge is 0.507 e. The monoisotopic (exact) mass is 477 g/mol. The zero-order valence-corrected chi connectivity index (χ0v) is 19.7. The van der Waals surface area contributed by atoms with Crippen LogP contribution in [0.2, 0.25) is 0 Å². The van der Waals surface area contributed by atoms with Gasteiger partial charge in [0.2, 0.25) is 0 Å². The van der Waals surface area contributed by atoms with E-state index in [1.54, 1.807) is 33.6 Å². The number of para-hydroxylation sites is 2. The van der Waals surface area contributed by atoms with Gasteiger partial charge in [-0.2, -0.15) is 5.10 Å². The van der Waals surface area contributed by atoms with Crippen LogP contribution < -0.4 is 10.9 Å². The zero-order valence-electron chi connectivity index (χ0n) is 19.7. The van der Waals surface area contributed by atoms with E-state index < -0.39 is 6.04 Å². The van der Waals surface area contributed by atoms with E-state index in [2.05, 4.69) is 20.3 Å². The van der Waals surface area contributed by atoms with Gasteiger partial charge in [-0.15, -0.1) is 0 Å². The van der Waals surface area contributed by atoms with Gasteiger partial charge in [-0.05, 0) is 43.7 Å². The van der Waals surface area contributed by atoms with Gasteiger partial charge in [0, 0.05) is 23.5 Å². The van der Waals surface area contributed by atoms with Gasteiger partial charge in [0.15, 0.2) is 5.82 Å². The molecule has 0 spiro atoms. The quantitative estimate of drug-likeness (QED) is 0.334. The van der Waals surface area contributed by atoms with Crippen molar-refractivity contribution in [1.82, 2.24) is 29.1 Å². The van der Waals surface area contributed by atoms with Crippen LogP contribution >= 0.6 is 0 Å². The number of nitrogens with zero attached hydrogens (tertiary/aromatic N) is 5. The summed E-state index contributed by atoms with van der Waals surface area (Å²) in [5.74, 6) is 1.25. The predicted molar refractivity (Wildman–Crippen MR) is 139 cm³/mol. The van der Waals surface area contributed by atoms with E-state index in [0.29, 0.717) is 28.4 Å². The highest BCUT2D eigenvalue weighted by Gasteiger charge is 2.22. The van der Waals surface area contributed by atoms with Gasteiger partial charge in [0.05, 0.1) is 17.1 Å². The van der Waals surface area contributed by atoms with Gasteiger partial charge in [0.25, 0.3) is 5.56 Å². The number of hydrogen-bond acceptors (Lipinski definition) is 6. The fourth-order valence-electron chi connectivity index (χ4n) is 4.59. The smallest absolute Gasteiger partial charge is 0.282 e. The Balaban J connectivity index is 1.51. The highest BCUT2D eigenvalue weighted by atomic mass is 16.3. The lowest BCUT2D eigenvalue weighted by molar-refractivity contribution is 0.477. The van der Waals surface area contributed by atoms with Crippen molar-refractivity contribution in [2.24, 2.45) is 0 Å². The lowest BCUT2D eigenvalue weighted by Gasteiger charge is -2.20. The Kier molecular flexibility index (Phi) is 5.03. The van der Waals surface area contributed by atoms with Crippen LogP contribution in [0, 0.1) is 6.92 Å². The Morgan fingerprint density at radius 1 is 1.00 bits per heavy atom. The minimum absolute atomic E-state index is 0.147. The second-order valence-corrected chi connectivity index (χ2v) is 8.66. The Morgan fingerprint density at radius 2 is 1.78 bits per heavy atom. The van der Waals surface area contributed by atoms with Crippen molar-refractivity contribution in [2.45, 2.75) is 19.9 Å². The molecule has 9 nitrogen and oxygen atoms in total. The van der Waals surface area contributed by atoms with Crippen LogP contribution in [0.5, 0.6) is 5.75 Å². The molecule has 1 atom stereocenters. The molecule has 6 rings (SSSR count). The van der Waals surface area contributed by atoms with E-state index in [4.69, 9.17) is 5.10 Å². The minimum atomic E-state index is -0.407. The van der Waals surface area contributed by atoms with E-state index >= 15 is 0 Å². The molecular formula is C27H23N7O2. The maximum atomic E-state index is 13.7. The first-order valence-corrected chi connectivity index (χ1v) is 11.6. The van der Waals surface area contributed by atoms with Crippen molar-refractivity contribution in [2.75, 3.05) is 5.32 Å². The molecule has 0 fully saturated rings. The average Bonchev–Trinajstić information content (AvgIpc) is 3.49. The molecule has 0 aliphatic heterocycles. The number of aromatic amines is 1. The third-order valence-electron chi connectivity index (χ3n) is 6.33. The number of H-pyrrole nitrogens is 1. The molecule has 4 aromatic heterocycles. The first kappa shape index (κ1) is 21.6. The molecule has 9 heteroatoms. The van der Waals surface area contributed by atoms with Crippen LogP contribution in [0.1, 0.15) is 24.4 Å². The van der Waals surface area contributed by atoms with Gasteiger partial charge in [-0.25, -0.2) is 14.5 Å². The molecule has 1 unspecified atom stereocenters. The SMILES string of the molecule is Cc1ccn2nc(C(C)Nc3ncnc4[nH]cc(-c5ccccc5O)c34)n(-c3ccccc3)c(=O)c12. The van der Waals surface area contributed by atoms with Crippen molar-refractivity contribution in [1.29, 1.82) is 0 Å². The van der Waals surface area contributed by atoms with Crippen molar-refractivity contribution >= 4 is 22.4 Å². The Morgan fingerprint density at radius 3 is 2.58 bits per heavy atom. The van der Waals surface area contributed by atoms with E-state index in [1.807, 2.05) is 62.4 Å². The van der Waals surface area contributed by atoms with Gasteiger partial charge >= 0.3 is 0 Å². The van der Waals surface area contributed by atoms with Crippen LogP contribution in [0.4, 0.5) is 5.82 Å². The maximum Gasteiger partial charge on any atom is 0.282 e. The summed E-state index contributed by atoms with van der Waals surface area (Å²) in [7, 11) is 0. The molecule has 4 heterocycles. The molecule has 2 aromatic carbocycles. The number of aryl methyl sites for hydroxylation is 1. The van der Waals surface area contributed by atoms with E-state index in [0.717, 1.165) is 22.2 Å². The molecule has 178 valence electrons. The molecule has 3 N–H and O–H groups in total. The molecule has 36 heavy (non-hydrogen) atoms. The molecule has 0 radical (unpaired) electrons. The second-order valence-electron chi connectivity index (χ2n) is 8.66. The predicted octanol–water partition coefficient (Wildman–Crippen LogP) is 4.61. The third-order valence-corrected chi connectivity index (χ3v) is 6.33. The standard InChI is InChI=1S/C27H23N7O2/c1-16-12-13-33-23(16)27(36)34(18-8-4-3-5-9-18)26(32-33)17(2)31-25-22-20(14-28-24(22)29-15-30-25)19-10-6-7-11-21(19)35/h3-15,17,35H,1-2H3,(H2,28,29,30,31). The highest BCUT2D eigenvalue weighted by molar-refractivity contribution is 6.01. The number of benzene rings is 2. The molecule has 0 saturated heterocycles. The first-order valence-electron chi connectivity index (χ1n) is 11.6. The fraction of sp³-hybridized carbons (Fsp3) is 0.111. The maximum absolute atomic E-state index is 13.7. The van der Waals surface area contributed by atoms with Gasteiger partial charge in [-0.1, -0.05) is 36.4 Å². The third kappa shape index (κ3) is 3.40. The summed E-state index contributed by atoms with van der Waals surface area (Å²) >= 11 is 0. The topological polar surface area (TPSA) is 113 Å². The van der Waals surface area contributed by atoms with Crippen LogP contribution in [-0.2, 0) is 0 Å². The van der Waals surface area contributed by atoms with Crippen LogP contribution in [-0.4, -0.2) is 34.2 Å². The van der Waals surface area contributed by atoms with Crippen molar-refractivity contribution in [3.8, 4) is 22.6 Å². The fourth-order valence-corrected chi connectivity index (χ4v) is 4.59. The summed E-state index contributed by atoms with van der Waals surface area (Å²) in [5.41, 5.74) is 4.04. The van der Waals surface area contributed by atoms with Crippen LogP contribution in [0.3, 0.4) is 0 Å². The Labute approximate surface area is 205 Å². The van der Waals surface area contributed by atoms with E-state index in [1.165, 1.54) is 6.33 Å². The highest BCUT2D eigenvalue weighted by Crippen LogP contribution is 2.37. The number of rotatable bonds is 5. The van der Waals surface area contributed by atoms with E-state index in [-0.39, 0.29) is 11.3 Å². The second kappa shape index (κ2) is 8.38. The van der Waals surface area contributed by atoms with E-state index in [9.17, 15) is 9.90 Å². The summed E-state index contributed by atoms with van der Waals surface area (Å²) in [6, 6.07) is 18.1. The molecule has 0 saturated carbocycles. The molecule has 0 aliphatic carbocycles. The molecule has 0 amide bonds. The van der Waals surface area contributed by atoms with Crippen LogP contribution in [0.15, 0.2) is 84.2 Å². The molecular weight excluding hydrogens is 454 g/mol. The first-order chi connectivity index (χ1) is 17.5. The average molecular weight is 478 g/mol. The summed E-state index contributed by atoms with van der Waals surface area (Å²) in [4.78, 5) is 25.7. The lowest BCUT2D eigenvalue weighted by atomic mass is 10.0. The Bertz CT molecular complexity index is 1780. The summed E-state index contributed by atoms with van der Waals surface area (Å²) in [6.45, 7) is 3.84. The minimum Gasteiger partial charge on any atom is -0.507 e. The lowest BCUT2D eigenvalue weighted by Crippen LogP contribution is -2.29. The number of phenolic OH excluding ortho intramolecular Hbond substituents is 1. The number of nitrogens with one attached hydrogen (secondary N) is 2. The zero-order chi connectivity index (χ0) is 24.8. The number of aromatic hydroxyl groups is 1. The Hall–Kier alpha value is -4.92. The molecule has 0 aliphatic rings. The van der Waals surface area contributed by atoms with Crippen molar-refractivity contribution in [3.63, 3.8) is 0 Å². The van der Waals surface area contributed by atoms with Gasteiger partial charge in [0.1, 0.15) is 29.1 Å². The summed E-state index contributed by atoms with van der Waals surface area (Å²) in [6.07, 6.45) is 5.07. The summed E-state index contributed by atoms with van der Waals surface area (Å²) < 4.78 is 3.27. The molecule has 0 bridgehead atoms. The summed E-state index contributed by atoms with van der Waals surface area (Å²) in [5, 5.41) is 19.5. The van der Waals surface area contributed by atoms with Gasteiger partial charge in [-0.3, -0.25) is 9.36 Å². The normalized spacial score (nSPS) is 12.3. The number of fused-ring (bicyclic) bond motifs is 2. The number of aromatic nitrogens is 6. The molecule has 6 aromatic rings. The number of phenols is 1. The van der Waals surface area contributed by atoms with Crippen molar-refractivity contribution < 1.29 is 5.11 Å². The van der Waals surface area contributed by atoms with Crippen molar-refractivity contribution in [3.05, 3.63) is 101 Å². The van der Waals surface area contributed by atoms with Crippen LogP contribution in [0.25, 0.3) is 33.4 Å². The number of hydrogen-bond donors (Lipinski definition) is 3. The number of anilines is 1. The van der Waals surface area contributed by atoms with Gasteiger partial charge < -0.3 is 15.4 Å².